The van der Waals surface area contributed by atoms with Crippen LogP contribution in [0.5, 0.6) is 0 Å². The van der Waals surface area contributed by atoms with Crippen molar-refractivity contribution in [1.29, 1.82) is 0 Å². The lowest BCUT2D eigenvalue weighted by atomic mass is 10.2. The fourth-order valence-corrected chi connectivity index (χ4v) is 3.85. The van der Waals surface area contributed by atoms with Crippen molar-refractivity contribution in [3.63, 3.8) is 0 Å². The molecule has 0 aliphatic carbocycles. The van der Waals surface area contributed by atoms with Gasteiger partial charge in [-0.25, -0.2) is 9.38 Å². The van der Waals surface area contributed by atoms with E-state index in [4.69, 9.17) is 11.6 Å². The summed E-state index contributed by atoms with van der Waals surface area (Å²) >= 11 is 6.55. The first-order chi connectivity index (χ1) is 14.0. The first-order valence-corrected chi connectivity index (χ1v) is 9.75. The van der Waals surface area contributed by atoms with Gasteiger partial charge in [0.2, 0.25) is 11.8 Å². The maximum atomic E-state index is 13.1. The van der Waals surface area contributed by atoms with Gasteiger partial charge in [0, 0.05) is 19.2 Å². The highest BCUT2D eigenvalue weighted by Crippen LogP contribution is 2.37. The number of rotatable bonds is 3. The van der Waals surface area contributed by atoms with Gasteiger partial charge in [-0.3, -0.25) is 14.5 Å². The number of alkyl halides is 3. The summed E-state index contributed by atoms with van der Waals surface area (Å²) in [7, 11) is 1.42. The molecule has 0 spiro atoms. The number of anilines is 1. The van der Waals surface area contributed by atoms with E-state index >= 15 is 0 Å². The Bertz CT molecular complexity index is 1010. The van der Waals surface area contributed by atoms with Crippen LogP contribution in [0.4, 0.5) is 28.9 Å². The van der Waals surface area contributed by atoms with Gasteiger partial charge in [0.15, 0.2) is 5.17 Å². The van der Waals surface area contributed by atoms with Crippen LogP contribution < -0.4 is 5.32 Å². The van der Waals surface area contributed by atoms with Gasteiger partial charge in [0.05, 0.1) is 16.3 Å². The minimum Gasteiger partial charge on any atom is -0.325 e. The van der Waals surface area contributed by atoms with E-state index in [1.54, 1.807) is 0 Å². The molecule has 0 aromatic heterocycles. The lowest BCUT2D eigenvalue weighted by Gasteiger charge is -2.28. The summed E-state index contributed by atoms with van der Waals surface area (Å²) in [4.78, 5) is 30.1. The molecule has 2 aromatic carbocycles. The Hall–Kier alpha value is -2.59. The van der Waals surface area contributed by atoms with E-state index in [2.05, 4.69) is 10.3 Å². The molecule has 0 saturated carbocycles. The summed E-state index contributed by atoms with van der Waals surface area (Å²) < 4.78 is 52.2. The third kappa shape index (κ3) is 5.11. The van der Waals surface area contributed by atoms with Crippen LogP contribution >= 0.6 is 23.4 Å². The van der Waals surface area contributed by atoms with E-state index in [0.717, 1.165) is 23.9 Å². The molecule has 0 radical (unpaired) electrons. The van der Waals surface area contributed by atoms with E-state index in [1.165, 1.54) is 42.3 Å². The van der Waals surface area contributed by atoms with Crippen molar-refractivity contribution in [1.82, 2.24) is 4.90 Å². The first-order valence-electron chi connectivity index (χ1n) is 8.49. The summed E-state index contributed by atoms with van der Waals surface area (Å²) in [5.41, 5.74) is -0.765. The van der Waals surface area contributed by atoms with Crippen LogP contribution in [-0.4, -0.2) is 34.2 Å². The zero-order valence-electron chi connectivity index (χ0n) is 15.3. The highest BCUT2D eigenvalue weighted by Gasteiger charge is 2.35. The summed E-state index contributed by atoms with van der Waals surface area (Å²) in [6.07, 6.45) is -4.78. The summed E-state index contributed by atoms with van der Waals surface area (Å²) in [5, 5.41) is 1.32. The molecule has 1 atom stereocenters. The summed E-state index contributed by atoms with van der Waals surface area (Å²) in [6, 6.07) is 8.22. The lowest BCUT2D eigenvalue weighted by molar-refractivity contribution is -0.137. The topological polar surface area (TPSA) is 61.8 Å². The van der Waals surface area contributed by atoms with Crippen LogP contribution in [0.25, 0.3) is 0 Å². The van der Waals surface area contributed by atoms with E-state index in [-0.39, 0.29) is 17.3 Å². The fourth-order valence-electron chi connectivity index (χ4n) is 2.56. The Morgan fingerprint density at radius 1 is 1.23 bits per heavy atom. The van der Waals surface area contributed by atoms with Crippen LogP contribution in [-0.2, 0) is 15.8 Å². The zero-order valence-corrected chi connectivity index (χ0v) is 16.9. The number of amides is 2. The molecule has 1 aliphatic rings. The number of nitrogens with one attached hydrogen (secondary N) is 1. The van der Waals surface area contributed by atoms with Crippen molar-refractivity contribution in [3.8, 4) is 0 Å². The Balaban J connectivity index is 1.83. The van der Waals surface area contributed by atoms with Gasteiger partial charge in [-0.15, -0.1) is 0 Å². The number of hydrogen-bond acceptors (Lipinski definition) is 4. The number of nitrogens with zero attached hydrogens (tertiary/aromatic N) is 2. The molecule has 0 unspecified atom stereocenters. The van der Waals surface area contributed by atoms with E-state index < -0.39 is 39.6 Å². The predicted octanol–water partition coefficient (Wildman–Crippen LogP) is 5.09. The minimum atomic E-state index is -4.66. The molecule has 1 aliphatic heterocycles. The Kier molecular flexibility index (Phi) is 6.37. The van der Waals surface area contributed by atoms with Crippen LogP contribution in [0.2, 0.25) is 5.02 Å². The second-order valence-electron chi connectivity index (χ2n) is 6.32. The number of hydrogen-bond donors (Lipinski definition) is 1. The number of thioether (sulfide) groups is 1. The SMILES string of the molecule is CN1C(=O)C[C@@H](C(=O)Nc2ccc(F)cc2)SC1=Nc1ccc(Cl)c(C(F)(F)F)c1. The van der Waals surface area contributed by atoms with Crippen molar-refractivity contribution in [2.75, 3.05) is 12.4 Å². The average molecular weight is 460 g/mol. The fraction of sp³-hybridized carbons (Fsp3) is 0.211. The normalized spacial score (nSPS) is 18.6. The van der Waals surface area contributed by atoms with E-state index in [1.807, 2.05) is 0 Å². The molecular formula is C19H14ClF4N3O2S. The summed E-state index contributed by atoms with van der Waals surface area (Å²) in [5.74, 6) is -1.39. The number of carbonyl (C=O) groups is 2. The molecular weight excluding hydrogens is 446 g/mol. The van der Waals surface area contributed by atoms with Gasteiger partial charge in [-0.1, -0.05) is 23.4 Å². The maximum Gasteiger partial charge on any atom is 0.417 e. The van der Waals surface area contributed by atoms with Gasteiger partial charge in [-0.2, -0.15) is 13.2 Å². The molecule has 3 rings (SSSR count). The molecule has 5 nitrogen and oxygen atoms in total. The summed E-state index contributed by atoms with van der Waals surface area (Å²) in [6.45, 7) is 0. The average Bonchev–Trinajstić information content (AvgIpc) is 2.67. The number of benzene rings is 2. The standard InChI is InChI=1S/C19H14ClF4N3O2S/c1-27-16(28)9-15(17(29)25-11-4-2-10(21)3-5-11)30-18(27)26-12-6-7-14(20)13(8-12)19(22,23)24/h2-8,15H,9H2,1H3,(H,25,29)/t15-/m0/s1. The second kappa shape index (κ2) is 8.65. The number of aliphatic imine (C=N–C) groups is 1. The van der Waals surface area contributed by atoms with Crippen molar-refractivity contribution in [3.05, 3.63) is 58.9 Å². The lowest BCUT2D eigenvalue weighted by Crippen LogP contribution is -2.43. The molecule has 1 saturated heterocycles. The Labute approximate surface area is 178 Å². The minimum absolute atomic E-state index is 0.0616. The van der Waals surface area contributed by atoms with Crippen LogP contribution in [0.1, 0.15) is 12.0 Å². The largest absolute Gasteiger partial charge is 0.417 e. The third-order valence-electron chi connectivity index (χ3n) is 4.15. The number of halogens is 5. The maximum absolute atomic E-state index is 13.1. The third-order valence-corrected chi connectivity index (χ3v) is 5.72. The molecule has 2 aromatic rings. The van der Waals surface area contributed by atoms with Gasteiger partial charge in [0.1, 0.15) is 11.1 Å². The van der Waals surface area contributed by atoms with Crippen LogP contribution in [0.15, 0.2) is 47.5 Å². The monoisotopic (exact) mass is 459 g/mol. The predicted molar refractivity (Wildman–Crippen MR) is 107 cm³/mol. The van der Waals surface area contributed by atoms with Crippen molar-refractivity contribution < 1.29 is 27.2 Å². The Morgan fingerprint density at radius 2 is 1.90 bits per heavy atom. The molecule has 1 heterocycles. The quantitative estimate of drug-likeness (QED) is 0.650. The number of amidine groups is 1. The van der Waals surface area contributed by atoms with Crippen LogP contribution in [0, 0.1) is 5.82 Å². The highest BCUT2D eigenvalue weighted by molar-refractivity contribution is 8.15. The highest BCUT2D eigenvalue weighted by atomic mass is 35.5. The zero-order chi connectivity index (χ0) is 22.1. The van der Waals surface area contributed by atoms with Crippen molar-refractivity contribution >= 4 is 51.7 Å². The second-order valence-corrected chi connectivity index (χ2v) is 7.89. The van der Waals surface area contributed by atoms with Gasteiger partial charge < -0.3 is 5.32 Å². The molecule has 1 N–H and O–H groups in total. The smallest absolute Gasteiger partial charge is 0.325 e. The van der Waals surface area contributed by atoms with E-state index in [9.17, 15) is 27.2 Å². The van der Waals surface area contributed by atoms with Crippen molar-refractivity contribution in [2.24, 2.45) is 4.99 Å². The van der Waals surface area contributed by atoms with Gasteiger partial charge in [-0.05, 0) is 42.5 Å². The molecule has 11 heteroatoms. The van der Waals surface area contributed by atoms with Gasteiger partial charge in [0.25, 0.3) is 0 Å². The number of carbonyl (C=O) groups excluding carboxylic acids is 2. The molecule has 30 heavy (non-hydrogen) atoms. The Morgan fingerprint density at radius 3 is 2.53 bits per heavy atom. The van der Waals surface area contributed by atoms with Gasteiger partial charge >= 0.3 is 6.18 Å². The molecule has 158 valence electrons. The van der Waals surface area contributed by atoms with Crippen molar-refractivity contribution in [2.45, 2.75) is 17.8 Å². The van der Waals surface area contributed by atoms with E-state index in [0.29, 0.717) is 5.69 Å². The first kappa shape index (κ1) is 22.1. The van der Waals surface area contributed by atoms with Crippen LogP contribution in [0.3, 0.4) is 0 Å². The molecule has 2 amide bonds. The molecule has 0 bridgehead atoms. The molecule has 1 fully saturated rings.